The van der Waals surface area contributed by atoms with Crippen LogP contribution in [0.1, 0.15) is 0 Å². The molecule has 0 unspecified atom stereocenters. The number of hydrogen-bond donors (Lipinski definition) is 0. The van der Waals surface area contributed by atoms with Gasteiger partial charge >= 0.3 is 0 Å². The molecule has 0 aliphatic carbocycles. The van der Waals surface area contributed by atoms with E-state index < -0.39 is 0 Å². The van der Waals surface area contributed by atoms with Crippen LogP contribution in [0.2, 0.25) is 0 Å². The van der Waals surface area contributed by atoms with Crippen LogP contribution >= 0.6 is 31.9 Å². The fourth-order valence-corrected chi connectivity index (χ4v) is 6.07. The Bertz CT molecular complexity index is 2010. The van der Waals surface area contributed by atoms with Crippen molar-refractivity contribution in [3.63, 3.8) is 0 Å². The van der Waals surface area contributed by atoms with Gasteiger partial charge in [0, 0.05) is 36.8 Å². The van der Waals surface area contributed by atoms with Gasteiger partial charge in [0.05, 0.1) is 22.8 Å². The number of hydrogen-bond acceptors (Lipinski definition) is 3. The van der Waals surface area contributed by atoms with Gasteiger partial charge in [-0.1, -0.05) is 177 Å². The fraction of sp³-hybridized carbons (Fsp3) is 0. The summed E-state index contributed by atoms with van der Waals surface area (Å²) in [5.41, 5.74) is 11.6. The summed E-state index contributed by atoms with van der Waals surface area (Å²) in [4.78, 5) is 14.5. The van der Waals surface area contributed by atoms with E-state index in [1.54, 1.807) is 0 Å². The Morgan fingerprint density at radius 1 is 0.260 bits per heavy atom. The van der Waals surface area contributed by atoms with Crippen LogP contribution in [-0.4, -0.2) is 15.0 Å². The third-order valence-corrected chi connectivity index (χ3v) is 9.17. The van der Waals surface area contributed by atoms with Gasteiger partial charge in [0.25, 0.3) is 0 Å². The molecular formula is C45H31Br2N3. The molecule has 0 radical (unpaired) electrons. The molecule has 2 heterocycles. The molecule has 0 amide bonds. The molecule has 8 rings (SSSR count). The summed E-state index contributed by atoms with van der Waals surface area (Å²) in [5.74, 6) is 0.736. The fourth-order valence-electron chi connectivity index (χ4n) is 5.54. The molecule has 0 atom stereocenters. The zero-order valence-corrected chi connectivity index (χ0v) is 30.2. The molecule has 0 saturated carbocycles. The monoisotopic (exact) mass is 771 g/mol. The maximum Gasteiger partial charge on any atom is 0.160 e. The van der Waals surface area contributed by atoms with Crippen molar-refractivity contribution in [1.29, 1.82) is 0 Å². The minimum Gasteiger partial charge on any atom is -0.248 e. The number of rotatable bonds is 6. The molecule has 0 fully saturated rings. The third kappa shape index (κ3) is 8.20. The number of benzene rings is 6. The lowest BCUT2D eigenvalue weighted by atomic mass is 10.00. The molecule has 0 spiro atoms. The van der Waals surface area contributed by atoms with Crippen molar-refractivity contribution in [2.75, 3.05) is 0 Å². The van der Waals surface area contributed by atoms with Crippen molar-refractivity contribution < 1.29 is 0 Å². The van der Waals surface area contributed by atoms with E-state index in [4.69, 9.17) is 15.0 Å². The first-order valence-electron chi connectivity index (χ1n) is 16.2. The molecule has 0 aliphatic rings. The maximum absolute atomic E-state index is 4.91. The van der Waals surface area contributed by atoms with E-state index in [9.17, 15) is 0 Å². The summed E-state index contributed by atoms with van der Waals surface area (Å²) >= 11 is 7.00. The van der Waals surface area contributed by atoms with Crippen LogP contribution in [0.25, 0.3) is 67.5 Å². The van der Waals surface area contributed by atoms with Crippen molar-refractivity contribution >= 4 is 31.9 Å². The third-order valence-electron chi connectivity index (χ3n) is 8.11. The molecule has 3 nitrogen and oxygen atoms in total. The molecule has 50 heavy (non-hydrogen) atoms. The topological polar surface area (TPSA) is 38.7 Å². The van der Waals surface area contributed by atoms with E-state index in [0.29, 0.717) is 0 Å². The largest absolute Gasteiger partial charge is 0.248 e. The predicted octanol–water partition coefficient (Wildman–Crippen LogP) is 13.1. The molecule has 5 heteroatoms. The van der Waals surface area contributed by atoms with E-state index in [1.807, 2.05) is 103 Å². The lowest BCUT2D eigenvalue weighted by Gasteiger charge is -2.10. The van der Waals surface area contributed by atoms with Crippen LogP contribution in [0.5, 0.6) is 0 Å². The van der Waals surface area contributed by atoms with Gasteiger partial charge in [0.2, 0.25) is 0 Å². The molecule has 240 valence electrons. The highest BCUT2D eigenvalue weighted by Gasteiger charge is 2.11. The first-order chi connectivity index (χ1) is 24.6. The highest BCUT2D eigenvalue weighted by Crippen LogP contribution is 2.31. The van der Waals surface area contributed by atoms with Gasteiger partial charge in [-0.05, 0) is 53.6 Å². The average Bonchev–Trinajstić information content (AvgIpc) is 3.20. The molecule has 2 aromatic heterocycles. The van der Waals surface area contributed by atoms with E-state index in [-0.39, 0.29) is 0 Å². The molecule has 0 N–H and O–H groups in total. The Labute approximate surface area is 309 Å². The van der Waals surface area contributed by atoms with Crippen molar-refractivity contribution in [2.45, 2.75) is 0 Å². The normalized spacial score (nSPS) is 10.6. The second-order valence-corrected chi connectivity index (χ2v) is 13.4. The Hall–Kier alpha value is -5.49. The van der Waals surface area contributed by atoms with Gasteiger partial charge in [0.15, 0.2) is 5.82 Å². The van der Waals surface area contributed by atoms with Crippen molar-refractivity contribution in [3.8, 4) is 67.5 Å². The number of aromatic nitrogens is 3. The zero-order valence-electron chi connectivity index (χ0n) is 27.0. The van der Waals surface area contributed by atoms with Crippen LogP contribution in [0.3, 0.4) is 0 Å². The van der Waals surface area contributed by atoms with E-state index in [1.165, 1.54) is 11.1 Å². The van der Waals surface area contributed by atoms with Crippen molar-refractivity contribution in [2.24, 2.45) is 0 Å². The molecule has 6 aromatic carbocycles. The van der Waals surface area contributed by atoms with Gasteiger partial charge in [-0.25, -0.2) is 15.0 Å². The van der Waals surface area contributed by atoms with Crippen molar-refractivity contribution in [3.05, 3.63) is 197 Å². The standard InChI is InChI=1S/C23H16BrN.C22H15BrN2/c24-21-13-11-17(12-14-21)20-15-22(18-7-3-1-4-8-18)25-23(16-20)19-9-5-2-6-10-19;23-19-13-11-17(12-14-19)21-15-20(16-7-3-1-4-8-16)24-22(25-21)18-9-5-2-6-10-18/h1-16H;1-15H. The highest BCUT2D eigenvalue weighted by atomic mass is 79.9. The average molecular weight is 774 g/mol. The first kappa shape index (κ1) is 33.0. The molecular weight excluding hydrogens is 742 g/mol. The zero-order chi connectivity index (χ0) is 34.1. The van der Waals surface area contributed by atoms with Crippen molar-refractivity contribution in [1.82, 2.24) is 15.0 Å². The summed E-state index contributed by atoms with van der Waals surface area (Å²) in [6.45, 7) is 0. The molecule has 8 aromatic rings. The van der Waals surface area contributed by atoms with Crippen LogP contribution in [-0.2, 0) is 0 Å². The number of halogens is 2. The summed E-state index contributed by atoms with van der Waals surface area (Å²) in [7, 11) is 0. The smallest absolute Gasteiger partial charge is 0.160 e. The predicted molar refractivity (Wildman–Crippen MR) is 214 cm³/mol. The van der Waals surface area contributed by atoms with Crippen LogP contribution < -0.4 is 0 Å². The Kier molecular flexibility index (Phi) is 10.4. The van der Waals surface area contributed by atoms with E-state index >= 15 is 0 Å². The lowest BCUT2D eigenvalue weighted by molar-refractivity contribution is 1.18. The Morgan fingerprint density at radius 2 is 0.580 bits per heavy atom. The first-order valence-corrected chi connectivity index (χ1v) is 17.8. The number of pyridine rings is 1. The van der Waals surface area contributed by atoms with Gasteiger partial charge in [-0.15, -0.1) is 0 Å². The number of nitrogens with zero attached hydrogens (tertiary/aromatic N) is 3. The van der Waals surface area contributed by atoms with Crippen LogP contribution in [0.15, 0.2) is 197 Å². The summed E-state index contributed by atoms with van der Waals surface area (Å²) < 4.78 is 2.13. The minimum atomic E-state index is 0.736. The SMILES string of the molecule is Brc1ccc(-c2cc(-c3ccccc3)nc(-c3ccccc3)c2)cc1.Brc1ccc(-c2cc(-c3ccccc3)nc(-c3ccccc3)n2)cc1. The van der Waals surface area contributed by atoms with Crippen LogP contribution in [0.4, 0.5) is 0 Å². The Balaban J connectivity index is 0.000000157. The van der Waals surface area contributed by atoms with Gasteiger partial charge in [-0.3, -0.25) is 0 Å². The van der Waals surface area contributed by atoms with E-state index in [2.05, 4.69) is 117 Å². The summed E-state index contributed by atoms with van der Waals surface area (Å²) in [6.07, 6.45) is 0. The summed E-state index contributed by atoms with van der Waals surface area (Å²) in [5, 5.41) is 0. The Morgan fingerprint density at radius 3 is 0.980 bits per heavy atom. The van der Waals surface area contributed by atoms with Gasteiger partial charge in [-0.2, -0.15) is 0 Å². The second-order valence-electron chi connectivity index (χ2n) is 11.6. The minimum absolute atomic E-state index is 0.736. The molecule has 0 bridgehead atoms. The van der Waals surface area contributed by atoms with Gasteiger partial charge < -0.3 is 0 Å². The quantitative estimate of drug-likeness (QED) is 0.169. The second kappa shape index (κ2) is 15.8. The van der Waals surface area contributed by atoms with Gasteiger partial charge in [0.1, 0.15) is 0 Å². The highest BCUT2D eigenvalue weighted by molar-refractivity contribution is 9.10. The van der Waals surface area contributed by atoms with Crippen LogP contribution in [0, 0.1) is 0 Å². The lowest BCUT2D eigenvalue weighted by Crippen LogP contribution is -1.95. The molecule has 0 saturated heterocycles. The summed E-state index contributed by atoms with van der Waals surface area (Å²) in [6, 6.07) is 63.9. The molecule has 0 aliphatic heterocycles. The maximum atomic E-state index is 4.91. The van der Waals surface area contributed by atoms with E-state index in [0.717, 1.165) is 65.4 Å².